The number of rotatable bonds is 3. The topological polar surface area (TPSA) is 38.3 Å². The minimum absolute atomic E-state index is 0.301. The highest BCUT2D eigenvalue weighted by atomic mass is 16.5. The molecule has 3 nitrogen and oxygen atoms in total. The zero-order valence-corrected chi connectivity index (χ0v) is 10.2. The molecule has 3 heteroatoms. The molecule has 0 radical (unpaired) electrons. The number of aldehydes is 1. The van der Waals surface area contributed by atoms with Crippen molar-refractivity contribution in [3.05, 3.63) is 0 Å². The maximum atomic E-state index is 10.7. The number of ether oxygens (including phenoxy) is 1. The highest BCUT2D eigenvalue weighted by molar-refractivity contribution is 5.54. The molecule has 1 aliphatic carbocycles. The van der Waals surface area contributed by atoms with Crippen LogP contribution in [0, 0.1) is 11.8 Å². The van der Waals surface area contributed by atoms with Crippen molar-refractivity contribution in [2.75, 3.05) is 13.2 Å². The van der Waals surface area contributed by atoms with Crippen molar-refractivity contribution in [2.24, 2.45) is 11.8 Å². The monoisotopic (exact) mass is 225 g/mol. The van der Waals surface area contributed by atoms with Gasteiger partial charge < -0.3 is 14.8 Å². The van der Waals surface area contributed by atoms with Crippen LogP contribution >= 0.6 is 0 Å². The van der Waals surface area contributed by atoms with Gasteiger partial charge in [0.15, 0.2) is 0 Å². The molecule has 2 aliphatic rings. The zero-order chi connectivity index (χ0) is 11.4. The molecule has 1 saturated heterocycles. The van der Waals surface area contributed by atoms with E-state index in [1.807, 2.05) is 0 Å². The highest BCUT2D eigenvalue weighted by Gasteiger charge is 2.28. The fourth-order valence-electron chi connectivity index (χ4n) is 2.92. The van der Waals surface area contributed by atoms with Crippen LogP contribution in [-0.2, 0) is 9.53 Å². The lowest BCUT2D eigenvalue weighted by Gasteiger charge is -2.26. The van der Waals surface area contributed by atoms with Crippen LogP contribution in [-0.4, -0.2) is 31.6 Å². The summed E-state index contributed by atoms with van der Waals surface area (Å²) in [5, 5.41) is 3.73. The molecule has 0 spiro atoms. The predicted molar refractivity (Wildman–Crippen MR) is 63.3 cm³/mol. The Morgan fingerprint density at radius 3 is 2.94 bits per heavy atom. The van der Waals surface area contributed by atoms with E-state index in [2.05, 4.69) is 12.2 Å². The largest absolute Gasteiger partial charge is 0.381 e. The lowest BCUT2D eigenvalue weighted by Crippen LogP contribution is -2.41. The Kier molecular flexibility index (Phi) is 4.36. The maximum Gasteiger partial charge on any atom is 0.123 e. The van der Waals surface area contributed by atoms with Gasteiger partial charge in [-0.2, -0.15) is 0 Å². The quantitative estimate of drug-likeness (QED) is 0.744. The molecule has 0 bridgehead atoms. The van der Waals surface area contributed by atoms with Crippen LogP contribution in [0.2, 0.25) is 0 Å². The van der Waals surface area contributed by atoms with Crippen molar-refractivity contribution >= 4 is 6.29 Å². The van der Waals surface area contributed by atoms with E-state index in [1.54, 1.807) is 0 Å². The van der Waals surface area contributed by atoms with Gasteiger partial charge >= 0.3 is 0 Å². The fraction of sp³-hybridized carbons (Fsp3) is 0.923. The van der Waals surface area contributed by atoms with Gasteiger partial charge in [0.25, 0.3) is 0 Å². The third kappa shape index (κ3) is 3.05. The summed E-state index contributed by atoms with van der Waals surface area (Å²) in [4.78, 5) is 10.7. The van der Waals surface area contributed by atoms with E-state index in [4.69, 9.17) is 4.74 Å². The predicted octanol–water partition coefficient (Wildman–Crippen LogP) is 1.76. The van der Waals surface area contributed by atoms with Crippen LogP contribution in [0.5, 0.6) is 0 Å². The molecule has 1 aliphatic heterocycles. The second kappa shape index (κ2) is 5.78. The summed E-state index contributed by atoms with van der Waals surface area (Å²) in [6, 6.07) is 1.14. The third-order valence-electron chi connectivity index (χ3n) is 3.99. The first-order chi connectivity index (χ1) is 7.79. The molecular weight excluding hydrogens is 202 g/mol. The zero-order valence-electron chi connectivity index (χ0n) is 10.2. The van der Waals surface area contributed by atoms with Crippen LogP contribution < -0.4 is 5.32 Å². The number of hydrogen-bond donors (Lipinski definition) is 1. The number of carbonyl (C=O) groups is 1. The second-order valence-electron chi connectivity index (χ2n) is 5.37. The average Bonchev–Trinajstić information content (AvgIpc) is 2.65. The third-order valence-corrected chi connectivity index (χ3v) is 3.99. The van der Waals surface area contributed by atoms with Gasteiger partial charge in [-0.05, 0) is 38.0 Å². The SMILES string of the molecule is CC1COCCCC1NC1CCC(C=O)C1. The summed E-state index contributed by atoms with van der Waals surface area (Å²) in [7, 11) is 0. The summed E-state index contributed by atoms with van der Waals surface area (Å²) in [5.74, 6) is 0.896. The van der Waals surface area contributed by atoms with Gasteiger partial charge in [-0.3, -0.25) is 0 Å². The Morgan fingerprint density at radius 2 is 2.19 bits per heavy atom. The van der Waals surface area contributed by atoms with Crippen LogP contribution in [0.25, 0.3) is 0 Å². The summed E-state index contributed by atoms with van der Waals surface area (Å²) in [5.41, 5.74) is 0. The lowest BCUT2D eigenvalue weighted by atomic mass is 9.98. The van der Waals surface area contributed by atoms with Gasteiger partial charge in [0.1, 0.15) is 6.29 Å². The van der Waals surface area contributed by atoms with Gasteiger partial charge in [0.2, 0.25) is 0 Å². The van der Waals surface area contributed by atoms with Gasteiger partial charge in [-0.25, -0.2) is 0 Å². The average molecular weight is 225 g/mol. The van der Waals surface area contributed by atoms with Crippen molar-refractivity contribution in [1.82, 2.24) is 5.32 Å². The van der Waals surface area contributed by atoms with Gasteiger partial charge in [-0.1, -0.05) is 6.92 Å². The van der Waals surface area contributed by atoms with E-state index in [0.29, 0.717) is 23.9 Å². The van der Waals surface area contributed by atoms with E-state index >= 15 is 0 Å². The lowest BCUT2D eigenvalue weighted by molar-refractivity contribution is -0.110. The van der Waals surface area contributed by atoms with Gasteiger partial charge in [0, 0.05) is 24.6 Å². The molecule has 92 valence electrons. The molecule has 0 aromatic heterocycles. The van der Waals surface area contributed by atoms with E-state index in [0.717, 1.165) is 45.2 Å². The Balaban J connectivity index is 1.81. The van der Waals surface area contributed by atoms with Crippen molar-refractivity contribution in [2.45, 2.75) is 51.1 Å². The van der Waals surface area contributed by atoms with E-state index in [-0.39, 0.29) is 0 Å². The van der Waals surface area contributed by atoms with Gasteiger partial charge in [0.05, 0.1) is 6.61 Å². The van der Waals surface area contributed by atoms with E-state index in [9.17, 15) is 4.79 Å². The molecule has 0 amide bonds. The Bertz CT molecular complexity index is 232. The molecule has 16 heavy (non-hydrogen) atoms. The van der Waals surface area contributed by atoms with Crippen molar-refractivity contribution in [3.8, 4) is 0 Å². The molecule has 1 N–H and O–H groups in total. The summed E-state index contributed by atoms with van der Waals surface area (Å²) < 4.78 is 5.55. The van der Waals surface area contributed by atoms with Crippen LogP contribution in [0.15, 0.2) is 0 Å². The Hall–Kier alpha value is -0.410. The molecule has 4 unspecified atom stereocenters. The first-order valence-corrected chi connectivity index (χ1v) is 6.58. The molecule has 1 heterocycles. The van der Waals surface area contributed by atoms with Crippen molar-refractivity contribution in [3.63, 3.8) is 0 Å². The van der Waals surface area contributed by atoms with Crippen LogP contribution in [0.4, 0.5) is 0 Å². The van der Waals surface area contributed by atoms with E-state index in [1.165, 1.54) is 6.42 Å². The maximum absolute atomic E-state index is 10.7. The fourth-order valence-corrected chi connectivity index (χ4v) is 2.92. The molecule has 1 saturated carbocycles. The normalized spacial score (nSPS) is 40.6. The number of hydrogen-bond acceptors (Lipinski definition) is 3. The summed E-state index contributed by atoms with van der Waals surface area (Å²) in [6.07, 6.45) is 6.76. The van der Waals surface area contributed by atoms with Crippen LogP contribution in [0.1, 0.15) is 39.0 Å². The minimum Gasteiger partial charge on any atom is -0.381 e. The first-order valence-electron chi connectivity index (χ1n) is 6.58. The number of carbonyl (C=O) groups excluding carboxylic acids is 1. The van der Waals surface area contributed by atoms with Crippen molar-refractivity contribution in [1.29, 1.82) is 0 Å². The molecule has 0 aromatic rings. The molecule has 2 fully saturated rings. The molecule has 4 atom stereocenters. The molecular formula is C13H23NO2. The summed E-state index contributed by atoms with van der Waals surface area (Å²) in [6.45, 7) is 4.04. The summed E-state index contributed by atoms with van der Waals surface area (Å²) >= 11 is 0. The van der Waals surface area contributed by atoms with Crippen molar-refractivity contribution < 1.29 is 9.53 Å². The van der Waals surface area contributed by atoms with E-state index < -0.39 is 0 Å². The van der Waals surface area contributed by atoms with Crippen LogP contribution in [0.3, 0.4) is 0 Å². The second-order valence-corrected chi connectivity index (χ2v) is 5.37. The number of nitrogens with one attached hydrogen (secondary N) is 1. The van der Waals surface area contributed by atoms with Gasteiger partial charge in [-0.15, -0.1) is 0 Å². The molecule has 0 aromatic carbocycles. The standard InChI is InChI=1S/C13H23NO2/c1-10-9-16-6-2-3-13(10)14-12-5-4-11(7-12)8-15/h8,10-14H,2-7,9H2,1H3. The Labute approximate surface area is 97.9 Å². The Morgan fingerprint density at radius 1 is 1.31 bits per heavy atom. The highest BCUT2D eigenvalue weighted by Crippen LogP contribution is 2.26. The smallest absolute Gasteiger partial charge is 0.123 e. The first kappa shape index (κ1) is 12.1. The minimum atomic E-state index is 0.301. The molecule has 2 rings (SSSR count).